The molecule has 0 atom stereocenters. The molecule has 0 saturated heterocycles. The zero-order chi connectivity index (χ0) is 13.9. The lowest BCUT2D eigenvalue weighted by Crippen LogP contribution is -2.21. The van der Waals surface area contributed by atoms with Crippen molar-refractivity contribution >= 4 is 5.97 Å². The third-order valence-corrected chi connectivity index (χ3v) is 2.40. The molecule has 1 aromatic carbocycles. The Morgan fingerprint density at radius 3 is 2.74 bits per heavy atom. The van der Waals surface area contributed by atoms with E-state index in [2.05, 4.69) is 12.2 Å². The minimum absolute atomic E-state index is 0.0490. The Kier molecular flexibility index (Phi) is 7.77. The van der Waals surface area contributed by atoms with Gasteiger partial charge in [0.05, 0.1) is 18.8 Å². The first-order valence-electron chi connectivity index (χ1n) is 6.45. The van der Waals surface area contributed by atoms with Crippen LogP contribution in [0.15, 0.2) is 24.3 Å². The molecule has 0 aromatic heterocycles. The second-order valence-electron chi connectivity index (χ2n) is 3.98. The van der Waals surface area contributed by atoms with Crippen molar-refractivity contribution in [1.29, 1.82) is 0 Å². The molecule has 19 heavy (non-hydrogen) atoms. The van der Waals surface area contributed by atoms with E-state index in [0.29, 0.717) is 13.2 Å². The van der Waals surface area contributed by atoms with Crippen LogP contribution in [0.2, 0.25) is 0 Å². The second kappa shape index (κ2) is 9.47. The molecular weight excluding hydrogens is 249 g/mol. The van der Waals surface area contributed by atoms with Gasteiger partial charge in [0.2, 0.25) is 0 Å². The molecular formula is C14H20FNO3. The van der Waals surface area contributed by atoms with Crippen molar-refractivity contribution < 1.29 is 18.7 Å². The van der Waals surface area contributed by atoms with Crippen LogP contribution in [-0.2, 0) is 9.47 Å². The SMILES string of the molecule is CCCNCCOCCOC(=O)c1ccccc1F. The Hall–Kier alpha value is -1.46. The fraction of sp³-hybridized carbons (Fsp3) is 0.500. The number of hydrogen-bond acceptors (Lipinski definition) is 4. The van der Waals surface area contributed by atoms with Gasteiger partial charge in [0.15, 0.2) is 0 Å². The van der Waals surface area contributed by atoms with Crippen molar-refractivity contribution in [2.24, 2.45) is 0 Å². The maximum Gasteiger partial charge on any atom is 0.341 e. The third kappa shape index (κ3) is 6.31. The summed E-state index contributed by atoms with van der Waals surface area (Å²) in [7, 11) is 0. The van der Waals surface area contributed by atoms with E-state index >= 15 is 0 Å². The molecule has 4 nitrogen and oxygen atoms in total. The van der Waals surface area contributed by atoms with Crippen LogP contribution in [0.25, 0.3) is 0 Å². The molecule has 0 heterocycles. The Morgan fingerprint density at radius 1 is 1.21 bits per heavy atom. The second-order valence-corrected chi connectivity index (χ2v) is 3.98. The van der Waals surface area contributed by atoms with Crippen LogP contribution in [0, 0.1) is 5.82 Å². The summed E-state index contributed by atoms with van der Waals surface area (Å²) in [5.41, 5.74) is -0.0490. The molecule has 0 saturated carbocycles. The number of nitrogens with one attached hydrogen (secondary N) is 1. The molecule has 0 bridgehead atoms. The molecule has 0 fully saturated rings. The molecule has 106 valence electrons. The van der Waals surface area contributed by atoms with E-state index in [9.17, 15) is 9.18 Å². The average Bonchev–Trinajstić information content (AvgIpc) is 2.42. The maximum absolute atomic E-state index is 13.2. The molecule has 0 aliphatic heterocycles. The van der Waals surface area contributed by atoms with Gasteiger partial charge in [-0.25, -0.2) is 9.18 Å². The number of hydrogen-bond donors (Lipinski definition) is 1. The van der Waals surface area contributed by atoms with Gasteiger partial charge in [-0.1, -0.05) is 19.1 Å². The number of carbonyl (C=O) groups is 1. The number of carbonyl (C=O) groups excluding carboxylic acids is 1. The van der Waals surface area contributed by atoms with E-state index in [1.165, 1.54) is 18.2 Å². The Morgan fingerprint density at radius 2 is 2.00 bits per heavy atom. The highest BCUT2D eigenvalue weighted by atomic mass is 19.1. The molecule has 0 unspecified atom stereocenters. The monoisotopic (exact) mass is 269 g/mol. The first-order valence-corrected chi connectivity index (χ1v) is 6.45. The maximum atomic E-state index is 13.2. The van der Waals surface area contributed by atoms with Crippen LogP contribution < -0.4 is 5.32 Å². The zero-order valence-electron chi connectivity index (χ0n) is 11.2. The number of ether oxygens (including phenoxy) is 2. The number of halogens is 1. The Balaban J connectivity index is 2.10. The van der Waals surface area contributed by atoms with E-state index in [1.807, 2.05) is 0 Å². The first-order chi connectivity index (χ1) is 9.25. The number of rotatable bonds is 9. The summed E-state index contributed by atoms with van der Waals surface area (Å²) in [6.07, 6.45) is 1.08. The summed E-state index contributed by atoms with van der Waals surface area (Å²) < 4.78 is 23.4. The highest BCUT2D eigenvalue weighted by Crippen LogP contribution is 2.07. The van der Waals surface area contributed by atoms with Crippen LogP contribution in [-0.4, -0.2) is 38.9 Å². The van der Waals surface area contributed by atoms with Crippen LogP contribution in [0.5, 0.6) is 0 Å². The normalized spacial score (nSPS) is 10.4. The van der Waals surface area contributed by atoms with Crippen molar-refractivity contribution in [1.82, 2.24) is 5.32 Å². The fourth-order valence-corrected chi connectivity index (χ4v) is 1.45. The van der Waals surface area contributed by atoms with Gasteiger partial charge in [0.25, 0.3) is 0 Å². The van der Waals surface area contributed by atoms with Gasteiger partial charge in [-0.15, -0.1) is 0 Å². The third-order valence-electron chi connectivity index (χ3n) is 2.40. The highest BCUT2D eigenvalue weighted by molar-refractivity contribution is 5.89. The van der Waals surface area contributed by atoms with Gasteiger partial charge >= 0.3 is 5.97 Å². The van der Waals surface area contributed by atoms with Crippen molar-refractivity contribution in [3.63, 3.8) is 0 Å². The Bertz CT molecular complexity index is 385. The van der Waals surface area contributed by atoms with E-state index < -0.39 is 11.8 Å². The van der Waals surface area contributed by atoms with Gasteiger partial charge in [0.1, 0.15) is 12.4 Å². The molecule has 0 aliphatic rings. The van der Waals surface area contributed by atoms with Crippen molar-refractivity contribution in [3.05, 3.63) is 35.6 Å². The van der Waals surface area contributed by atoms with E-state index in [0.717, 1.165) is 19.5 Å². The summed E-state index contributed by atoms with van der Waals surface area (Å²) in [4.78, 5) is 11.5. The lowest BCUT2D eigenvalue weighted by molar-refractivity contribution is 0.0317. The summed E-state index contributed by atoms with van der Waals surface area (Å²) in [5.74, 6) is -1.23. The fourth-order valence-electron chi connectivity index (χ4n) is 1.45. The molecule has 1 rings (SSSR count). The van der Waals surface area contributed by atoms with Gasteiger partial charge < -0.3 is 14.8 Å². The predicted octanol–water partition coefficient (Wildman–Crippen LogP) is 2.00. The van der Waals surface area contributed by atoms with Crippen molar-refractivity contribution in [2.45, 2.75) is 13.3 Å². The smallest absolute Gasteiger partial charge is 0.341 e. The van der Waals surface area contributed by atoms with Crippen LogP contribution >= 0.6 is 0 Å². The first kappa shape index (κ1) is 15.6. The molecule has 0 aliphatic carbocycles. The standard InChI is InChI=1S/C14H20FNO3/c1-2-7-16-8-9-18-10-11-19-14(17)12-5-3-4-6-13(12)15/h3-6,16H,2,7-11H2,1H3. The van der Waals surface area contributed by atoms with Crippen LogP contribution in [0.3, 0.4) is 0 Å². The van der Waals surface area contributed by atoms with Crippen molar-refractivity contribution in [3.8, 4) is 0 Å². The average molecular weight is 269 g/mol. The minimum atomic E-state index is -0.661. The largest absolute Gasteiger partial charge is 0.460 e. The quantitative estimate of drug-likeness (QED) is 0.550. The molecule has 0 amide bonds. The topological polar surface area (TPSA) is 47.6 Å². The summed E-state index contributed by atoms with van der Waals surface area (Å²) >= 11 is 0. The Labute approximate surface area is 112 Å². The minimum Gasteiger partial charge on any atom is -0.460 e. The van der Waals surface area contributed by atoms with Crippen molar-refractivity contribution in [2.75, 3.05) is 32.9 Å². The zero-order valence-corrected chi connectivity index (χ0v) is 11.2. The number of benzene rings is 1. The van der Waals surface area contributed by atoms with Crippen LogP contribution in [0.1, 0.15) is 23.7 Å². The van der Waals surface area contributed by atoms with E-state index in [-0.39, 0.29) is 12.2 Å². The molecule has 0 radical (unpaired) electrons. The van der Waals surface area contributed by atoms with E-state index in [1.54, 1.807) is 6.07 Å². The lowest BCUT2D eigenvalue weighted by Gasteiger charge is -2.07. The number of esters is 1. The summed E-state index contributed by atoms with van der Waals surface area (Å²) in [6, 6.07) is 5.74. The van der Waals surface area contributed by atoms with E-state index in [4.69, 9.17) is 9.47 Å². The molecule has 1 N–H and O–H groups in total. The van der Waals surface area contributed by atoms with Gasteiger partial charge in [-0.05, 0) is 25.1 Å². The molecule has 0 spiro atoms. The predicted molar refractivity (Wildman–Crippen MR) is 70.7 cm³/mol. The molecule has 5 heteroatoms. The van der Waals surface area contributed by atoms with Gasteiger partial charge in [-0.3, -0.25) is 0 Å². The summed E-state index contributed by atoms with van der Waals surface area (Å²) in [5, 5.41) is 3.19. The summed E-state index contributed by atoms with van der Waals surface area (Å²) in [6.45, 7) is 4.84. The van der Waals surface area contributed by atoms with Gasteiger partial charge in [-0.2, -0.15) is 0 Å². The molecule has 1 aromatic rings. The highest BCUT2D eigenvalue weighted by Gasteiger charge is 2.11. The van der Waals surface area contributed by atoms with Crippen LogP contribution in [0.4, 0.5) is 4.39 Å². The van der Waals surface area contributed by atoms with Gasteiger partial charge in [0, 0.05) is 6.54 Å². The lowest BCUT2D eigenvalue weighted by atomic mass is 10.2.